The molecule has 0 fully saturated rings. The Hall–Kier alpha value is -1.98. The Morgan fingerprint density at radius 1 is 1.21 bits per heavy atom. The van der Waals surface area contributed by atoms with Crippen molar-refractivity contribution in [2.24, 2.45) is 0 Å². The van der Waals surface area contributed by atoms with Crippen molar-refractivity contribution in [2.75, 3.05) is 5.32 Å². The van der Waals surface area contributed by atoms with E-state index < -0.39 is 0 Å². The summed E-state index contributed by atoms with van der Waals surface area (Å²) in [6, 6.07) is 1.96. The molecule has 0 spiro atoms. The smallest absolute Gasteiger partial charge is 0.223 e. The molecule has 6 heteroatoms. The molecule has 1 atom stereocenters. The van der Waals surface area contributed by atoms with Crippen molar-refractivity contribution in [3.8, 4) is 0 Å². The van der Waals surface area contributed by atoms with E-state index in [-0.39, 0.29) is 6.04 Å². The van der Waals surface area contributed by atoms with Crippen LogP contribution >= 0.6 is 0 Å². The molecule has 0 bridgehead atoms. The molecule has 2 rings (SSSR count). The maximum absolute atomic E-state index is 5.02. The van der Waals surface area contributed by atoms with Crippen molar-refractivity contribution in [3.05, 3.63) is 29.3 Å². The van der Waals surface area contributed by atoms with Crippen molar-refractivity contribution in [1.82, 2.24) is 20.1 Å². The Morgan fingerprint density at radius 2 is 2.00 bits per heavy atom. The zero-order valence-corrected chi connectivity index (χ0v) is 11.8. The second-order valence-electron chi connectivity index (χ2n) is 4.42. The fraction of sp³-hybridized carbons (Fsp3) is 0.538. The first-order chi connectivity index (χ1) is 9.12. The molecule has 0 aromatic carbocycles. The zero-order valence-electron chi connectivity index (χ0n) is 11.8. The fourth-order valence-electron chi connectivity index (χ4n) is 1.87. The fourth-order valence-corrected chi connectivity index (χ4v) is 1.87. The van der Waals surface area contributed by atoms with Crippen LogP contribution in [0.1, 0.15) is 49.5 Å². The summed E-state index contributed by atoms with van der Waals surface area (Å²) in [5.41, 5.74) is 1.02. The number of nitrogens with zero attached hydrogens (tertiary/aromatic N) is 4. The maximum atomic E-state index is 5.02. The molecule has 0 aliphatic carbocycles. The van der Waals surface area contributed by atoms with Crippen molar-refractivity contribution in [1.29, 1.82) is 0 Å². The Labute approximate surface area is 112 Å². The van der Waals surface area contributed by atoms with Gasteiger partial charge in [-0.1, -0.05) is 19.0 Å². The number of aryl methyl sites for hydroxylation is 3. The third-order valence-corrected chi connectivity index (χ3v) is 2.84. The largest absolute Gasteiger partial charge is 0.360 e. The molecule has 1 unspecified atom stereocenters. The molecule has 2 aromatic heterocycles. The summed E-state index contributed by atoms with van der Waals surface area (Å²) in [5, 5.41) is 7.29. The monoisotopic (exact) mass is 261 g/mol. The average Bonchev–Trinajstić information content (AvgIpc) is 2.81. The second kappa shape index (κ2) is 5.77. The van der Waals surface area contributed by atoms with Gasteiger partial charge in [-0.2, -0.15) is 4.98 Å². The summed E-state index contributed by atoms with van der Waals surface area (Å²) in [5.74, 6) is 2.80. The van der Waals surface area contributed by atoms with Gasteiger partial charge in [0.05, 0.1) is 6.04 Å². The maximum Gasteiger partial charge on any atom is 0.223 e. The van der Waals surface area contributed by atoms with Crippen LogP contribution in [0.2, 0.25) is 0 Å². The van der Waals surface area contributed by atoms with Crippen LogP contribution in [0.5, 0.6) is 0 Å². The Morgan fingerprint density at radius 3 is 2.58 bits per heavy atom. The minimum absolute atomic E-state index is 0.00328. The standard InChI is InChI=1S/C13H19N5O/c1-5-10-7-12(15-8(3)14-10)17-11(6-2)13-16-9(4)19-18-13/h7,11H,5-6H2,1-4H3,(H,14,15,17). The lowest BCUT2D eigenvalue weighted by atomic mass is 10.2. The number of nitrogens with one attached hydrogen (secondary N) is 1. The van der Waals surface area contributed by atoms with E-state index in [1.807, 2.05) is 13.0 Å². The van der Waals surface area contributed by atoms with Crippen molar-refractivity contribution in [3.63, 3.8) is 0 Å². The van der Waals surface area contributed by atoms with Gasteiger partial charge in [0.25, 0.3) is 0 Å². The summed E-state index contributed by atoms with van der Waals surface area (Å²) >= 11 is 0. The van der Waals surface area contributed by atoms with E-state index in [9.17, 15) is 0 Å². The topological polar surface area (TPSA) is 76.7 Å². The highest BCUT2D eigenvalue weighted by Gasteiger charge is 2.16. The first-order valence-electron chi connectivity index (χ1n) is 6.53. The van der Waals surface area contributed by atoms with Crippen molar-refractivity contribution < 1.29 is 4.52 Å². The summed E-state index contributed by atoms with van der Waals surface area (Å²) < 4.78 is 5.02. The lowest BCUT2D eigenvalue weighted by molar-refractivity contribution is 0.384. The van der Waals surface area contributed by atoms with Crippen LogP contribution in [-0.4, -0.2) is 20.1 Å². The van der Waals surface area contributed by atoms with Gasteiger partial charge >= 0.3 is 0 Å². The van der Waals surface area contributed by atoms with Crippen LogP contribution in [0.25, 0.3) is 0 Å². The van der Waals surface area contributed by atoms with Crippen LogP contribution < -0.4 is 5.32 Å². The van der Waals surface area contributed by atoms with E-state index in [1.54, 1.807) is 6.92 Å². The quantitative estimate of drug-likeness (QED) is 0.891. The lowest BCUT2D eigenvalue weighted by Crippen LogP contribution is -2.13. The predicted octanol–water partition coefficient (Wildman–Crippen LogP) is 2.60. The Kier molecular flexibility index (Phi) is 4.09. The van der Waals surface area contributed by atoms with Crippen molar-refractivity contribution in [2.45, 2.75) is 46.6 Å². The first-order valence-corrected chi connectivity index (χ1v) is 6.53. The lowest BCUT2D eigenvalue weighted by Gasteiger charge is -2.14. The van der Waals surface area contributed by atoms with Crippen LogP contribution in [0.15, 0.2) is 10.6 Å². The summed E-state index contributed by atoms with van der Waals surface area (Å²) in [7, 11) is 0. The Balaban J connectivity index is 2.20. The highest BCUT2D eigenvalue weighted by atomic mass is 16.5. The number of anilines is 1. The van der Waals surface area contributed by atoms with Crippen LogP contribution in [-0.2, 0) is 6.42 Å². The van der Waals surface area contributed by atoms with Gasteiger partial charge in [0.15, 0.2) is 5.82 Å². The summed E-state index contributed by atoms with van der Waals surface area (Å²) in [4.78, 5) is 13.0. The predicted molar refractivity (Wildman–Crippen MR) is 71.8 cm³/mol. The van der Waals surface area contributed by atoms with E-state index in [2.05, 4.69) is 39.3 Å². The van der Waals surface area contributed by atoms with Gasteiger partial charge in [-0.3, -0.25) is 0 Å². The second-order valence-corrected chi connectivity index (χ2v) is 4.42. The number of hydrogen-bond donors (Lipinski definition) is 1. The van der Waals surface area contributed by atoms with Crippen LogP contribution in [0, 0.1) is 13.8 Å². The normalized spacial score (nSPS) is 12.4. The van der Waals surface area contributed by atoms with Crippen LogP contribution in [0.3, 0.4) is 0 Å². The number of aromatic nitrogens is 4. The molecule has 0 saturated carbocycles. The minimum atomic E-state index is -0.00328. The SMILES string of the molecule is CCc1cc(NC(CC)c2noc(C)n2)nc(C)n1. The van der Waals surface area contributed by atoms with E-state index >= 15 is 0 Å². The van der Waals surface area contributed by atoms with E-state index in [4.69, 9.17) is 4.52 Å². The molecule has 6 nitrogen and oxygen atoms in total. The minimum Gasteiger partial charge on any atom is -0.360 e. The van der Waals surface area contributed by atoms with Gasteiger partial charge in [-0.15, -0.1) is 0 Å². The third kappa shape index (κ3) is 3.27. The van der Waals surface area contributed by atoms with E-state index in [1.165, 1.54) is 0 Å². The molecular formula is C13H19N5O. The molecule has 0 aliphatic heterocycles. The molecule has 1 N–H and O–H groups in total. The molecule has 0 aliphatic rings. The molecule has 0 amide bonds. The van der Waals surface area contributed by atoms with E-state index in [0.29, 0.717) is 11.7 Å². The van der Waals surface area contributed by atoms with Gasteiger partial charge in [-0.25, -0.2) is 9.97 Å². The Bertz CT molecular complexity index is 552. The molecule has 19 heavy (non-hydrogen) atoms. The van der Waals surface area contributed by atoms with Gasteiger partial charge in [0, 0.05) is 18.7 Å². The molecule has 102 valence electrons. The third-order valence-electron chi connectivity index (χ3n) is 2.84. The van der Waals surface area contributed by atoms with Gasteiger partial charge < -0.3 is 9.84 Å². The first kappa shape index (κ1) is 13.5. The van der Waals surface area contributed by atoms with Gasteiger partial charge in [0.2, 0.25) is 5.89 Å². The van der Waals surface area contributed by atoms with E-state index in [0.717, 1.165) is 30.2 Å². The van der Waals surface area contributed by atoms with Crippen LogP contribution in [0.4, 0.5) is 5.82 Å². The zero-order chi connectivity index (χ0) is 13.8. The molecule has 2 heterocycles. The summed E-state index contributed by atoms with van der Waals surface area (Å²) in [6.45, 7) is 7.82. The average molecular weight is 261 g/mol. The van der Waals surface area contributed by atoms with Gasteiger partial charge in [-0.05, 0) is 19.8 Å². The van der Waals surface area contributed by atoms with Crippen molar-refractivity contribution >= 4 is 5.82 Å². The van der Waals surface area contributed by atoms with Gasteiger partial charge in [0.1, 0.15) is 11.6 Å². The number of hydrogen-bond acceptors (Lipinski definition) is 6. The highest BCUT2D eigenvalue weighted by molar-refractivity contribution is 5.38. The molecule has 2 aromatic rings. The molecule has 0 radical (unpaired) electrons. The number of rotatable bonds is 5. The summed E-state index contributed by atoms with van der Waals surface area (Å²) in [6.07, 6.45) is 1.74. The molecular weight excluding hydrogens is 242 g/mol. The molecule has 0 saturated heterocycles. The highest BCUT2D eigenvalue weighted by Crippen LogP contribution is 2.19.